The number of amides is 1. The molecule has 0 fully saturated rings. The van der Waals surface area contributed by atoms with Crippen molar-refractivity contribution >= 4 is 11.6 Å². The lowest BCUT2D eigenvalue weighted by molar-refractivity contribution is -0.134. The van der Waals surface area contributed by atoms with Crippen LogP contribution in [0.25, 0.3) is 0 Å². The molecular formula is C14H20N4O2. The minimum absolute atomic E-state index is 0.0165. The van der Waals surface area contributed by atoms with E-state index in [0.29, 0.717) is 12.2 Å². The first-order valence-corrected chi connectivity index (χ1v) is 6.58. The van der Waals surface area contributed by atoms with Crippen molar-refractivity contribution in [2.24, 2.45) is 0 Å². The molecule has 0 saturated carbocycles. The summed E-state index contributed by atoms with van der Waals surface area (Å²) in [4.78, 5) is 14.1. The van der Waals surface area contributed by atoms with Gasteiger partial charge in [-0.3, -0.25) is 9.48 Å². The van der Waals surface area contributed by atoms with Crippen LogP contribution in [0.3, 0.4) is 0 Å². The Hall–Kier alpha value is -2.24. The molecule has 2 rings (SSSR count). The van der Waals surface area contributed by atoms with E-state index >= 15 is 0 Å². The van der Waals surface area contributed by atoms with E-state index in [-0.39, 0.29) is 18.5 Å². The fraction of sp³-hybridized carbons (Fsp3) is 0.429. The maximum absolute atomic E-state index is 12.4. The summed E-state index contributed by atoms with van der Waals surface area (Å²) in [6.07, 6.45) is 3.18. The molecule has 2 N–H and O–H groups in total. The predicted octanol–water partition coefficient (Wildman–Crippen LogP) is 1.80. The minimum Gasteiger partial charge on any atom is -0.464 e. The maximum Gasteiger partial charge on any atom is 0.244 e. The van der Waals surface area contributed by atoms with Gasteiger partial charge in [-0.1, -0.05) is 0 Å². The Morgan fingerprint density at radius 2 is 2.25 bits per heavy atom. The van der Waals surface area contributed by atoms with Crippen molar-refractivity contribution in [1.82, 2.24) is 14.7 Å². The molecule has 0 aliphatic heterocycles. The highest BCUT2D eigenvalue weighted by molar-refractivity contribution is 5.76. The summed E-state index contributed by atoms with van der Waals surface area (Å²) in [6, 6.07) is 3.87. The molecule has 0 saturated heterocycles. The number of nitrogens with zero attached hydrogens (tertiary/aromatic N) is 3. The summed E-state index contributed by atoms with van der Waals surface area (Å²) in [6.45, 7) is 6.48. The van der Waals surface area contributed by atoms with E-state index in [1.165, 1.54) is 6.20 Å². The summed E-state index contributed by atoms with van der Waals surface area (Å²) in [7, 11) is 0. The van der Waals surface area contributed by atoms with Crippen LogP contribution in [0.1, 0.15) is 25.4 Å². The summed E-state index contributed by atoms with van der Waals surface area (Å²) in [5.74, 6) is 1.61. The summed E-state index contributed by atoms with van der Waals surface area (Å²) in [5, 5.41) is 4.03. The van der Waals surface area contributed by atoms with Gasteiger partial charge in [-0.25, -0.2) is 0 Å². The normalized spacial score (nSPS) is 11.0. The number of furan rings is 1. The number of aryl methyl sites for hydroxylation is 1. The topological polar surface area (TPSA) is 77.3 Å². The van der Waals surface area contributed by atoms with Gasteiger partial charge in [0, 0.05) is 12.2 Å². The molecule has 6 heteroatoms. The van der Waals surface area contributed by atoms with Gasteiger partial charge in [-0.15, -0.1) is 0 Å². The van der Waals surface area contributed by atoms with Crippen LogP contribution in [0.4, 0.5) is 5.69 Å². The Morgan fingerprint density at radius 1 is 1.50 bits per heavy atom. The van der Waals surface area contributed by atoms with Gasteiger partial charge in [0.1, 0.15) is 18.1 Å². The smallest absolute Gasteiger partial charge is 0.244 e. The zero-order valence-electron chi connectivity index (χ0n) is 12.0. The number of carbonyl (C=O) groups is 1. The maximum atomic E-state index is 12.4. The number of aromatic nitrogens is 2. The number of hydrogen-bond acceptors (Lipinski definition) is 4. The van der Waals surface area contributed by atoms with E-state index in [1.807, 2.05) is 32.9 Å². The quantitative estimate of drug-likeness (QED) is 0.903. The molecule has 2 aromatic rings. The van der Waals surface area contributed by atoms with Crippen LogP contribution in [-0.4, -0.2) is 26.6 Å². The minimum atomic E-state index is -0.0165. The van der Waals surface area contributed by atoms with Crippen LogP contribution < -0.4 is 5.73 Å². The zero-order valence-corrected chi connectivity index (χ0v) is 12.0. The van der Waals surface area contributed by atoms with E-state index in [0.717, 1.165) is 11.5 Å². The number of anilines is 1. The lowest BCUT2D eigenvalue weighted by Gasteiger charge is -2.25. The number of rotatable bonds is 5. The second kappa shape index (κ2) is 5.81. The average Bonchev–Trinajstić information content (AvgIpc) is 2.95. The van der Waals surface area contributed by atoms with Crippen molar-refractivity contribution in [2.75, 3.05) is 5.73 Å². The third kappa shape index (κ3) is 3.40. The van der Waals surface area contributed by atoms with Gasteiger partial charge in [-0.2, -0.15) is 5.10 Å². The monoisotopic (exact) mass is 276 g/mol. The average molecular weight is 276 g/mol. The molecule has 2 heterocycles. The van der Waals surface area contributed by atoms with E-state index in [2.05, 4.69) is 5.10 Å². The standard InChI is InChI=1S/C14H20N4O2/c1-10(2)18(8-13-5-4-11(3)20-13)14(19)9-17-7-12(15)6-16-17/h4-7,10H,8-9,15H2,1-3H3. The van der Waals surface area contributed by atoms with Gasteiger partial charge in [0.2, 0.25) is 5.91 Å². The number of carbonyl (C=O) groups excluding carboxylic acids is 1. The molecule has 0 aliphatic rings. The Morgan fingerprint density at radius 3 is 2.75 bits per heavy atom. The molecule has 108 valence electrons. The number of hydrogen-bond donors (Lipinski definition) is 1. The first-order valence-electron chi connectivity index (χ1n) is 6.58. The van der Waals surface area contributed by atoms with Crippen LogP contribution in [-0.2, 0) is 17.9 Å². The molecule has 1 amide bonds. The van der Waals surface area contributed by atoms with Crippen molar-refractivity contribution in [3.8, 4) is 0 Å². The third-order valence-corrected chi connectivity index (χ3v) is 3.02. The SMILES string of the molecule is Cc1ccc(CN(C(=O)Cn2cc(N)cn2)C(C)C)o1. The lowest BCUT2D eigenvalue weighted by Crippen LogP contribution is -2.38. The molecule has 0 atom stereocenters. The Bertz CT molecular complexity index is 586. The van der Waals surface area contributed by atoms with E-state index in [4.69, 9.17) is 10.2 Å². The van der Waals surface area contributed by atoms with Gasteiger partial charge >= 0.3 is 0 Å². The van der Waals surface area contributed by atoms with E-state index < -0.39 is 0 Å². The fourth-order valence-corrected chi connectivity index (χ4v) is 1.99. The van der Waals surface area contributed by atoms with Crippen LogP contribution in [0, 0.1) is 6.92 Å². The highest BCUT2D eigenvalue weighted by Gasteiger charge is 2.19. The third-order valence-electron chi connectivity index (χ3n) is 3.02. The van der Waals surface area contributed by atoms with Crippen molar-refractivity contribution in [1.29, 1.82) is 0 Å². The van der Waals surface area contributed by atoms with Gasteiger partial charge in [0.25, 0.3) is 0 Å². The highest BCUT2D eigenvalue weighted by atomic mass is 16.3. The second-order valence-electron chi connectivity index (χ2n) is 5.10. The van der Waals surface area contributed by atoms with E-state index in [9.17, 15) is 4.79 Å². The predicted molar refractivity (Wildman–Crippen MR) is 75.8 cm³/mol. The van der Waals surface area contributed by atoms with Crippen LogP contribution in [0.15, 0.2) is 28.9 Å². The first-order chi connectivity index (χ1) is 9.45. The van der Waals surface area contributed by atoms with Crippen LogP contribution in [0.5, 0.6) is 0 Å². The number of nitrogens with two attached hydrogens (primary N) is 1. The van der Waals surface area contributed by atoms with Crippen molar-refractivity contribution in [3.05, 3.63) is 36.0 Å². The van der Waals surface area contributed by atoms with Crippen LogP contribution >= 0.6 is 0 Å². The van der Waals surface area contributed by atoms with Crippen molar-refractivity contribution in [3.63, 3.8) is 0 Å². The molecule has 0 bridgehead atoms. The largest absolute Gasteiger partial charge is 0.464 e. The molecule has 20 heavy (non-hydrogen) atoms. The fourth-order valence-electron chi connectivity index (χ4n) is 1.99. The Labute approximate surface area is 118 Å². The highest BCUT2D eigenvalue weighted by Crippen LogP contribution is 2.13. The zero-order chi connectivity index (χ0) is 14.7. The molecule has 0 radical (unpaired) electrons. The summed E-state index contributed by atoms with van der Waals surface area (Å²) < 4.78 is 7.07. The van der Waals surface area contributed by atoms with Gasteiger partial charge < -0.3 is 15.1 Å². The molecule has 0 unspecified atom stereocenters. The lowest BCUT2D eigenvalue weighted by atomic mass is 10.3. The Kier molecular flexibility index (Phi) is 4.12. The molecule has 2 aromatic heterocycles. The molecule has 6 nitrogen and oxygen atoms in total. The van der Waals surface area contributed by atoms with Gasteiger partial charge in [0.05, 0.1) is 18.4 Å². The van der Waals surface area contributed by atoms with Crippen LogP contribution in [0.2, 0.25) is 0 Å². The van der Waals surface area contributed by atoms with E-state index in [1.54, 1.807) is 15.8 Å². The molecule has 0 spiro atoms. The van der Waals surface area contributed by atoms with Crippen molar-refractivity contribution < 1.29 is 9.21 Å². The Balaban J connectivity index is 2.06. The first kappa shape index (κ1) is 14.2. The molecule has 0 aromatic carbocycles. The summed E-state index contributed by atoms with van der Waals surface area (Å²) >= 11 is 0. The summed E-state index contributed by atoms with van der Waals surface area (Å²) in [5.41, 5.74) is 6.14. The van der Waals surface area contributed by atoms with Gasteiger partial charge in [0.15, 0.2) is 0 Å². The molecule has 0 aliphatic carbocycles. The number of nitrogen functional groups attached to an aromatic ring is 1. The second-order valence-corrected chi connectivity index (χ2v) is 5.10. The van der Waals surface area contributed by atoms with Crippen molar-refractivity contribution in [2.45, 2.75) is 39.9 Å². The van der Waals surface area contributed by atoms with Gasteiger partial charge in [-0.05, 0) is 32.9 Å². The molecular weight excluding hydrogens is 256 g/mol.